The third-order valence-electron chi connectivity index (χ3n) is 4.01. The number of esters is 4. The van der Waals surface area contributed by atoms with Crippen LogP contribution in [-0.2, 0) is 57.7 Å². The van der Waals surface area contributed by atoms with E-state index in [2.05, 4.69) is 5.32 Å². The van der Waals surface area contributed by atoms with Crippen LogP contribution in [0, 0.1) is 0 Å². The summed E-state index contributed by atoms with van der Waals surface area (Å²) in [5.74, 6) is -4.04. The molecule has 194 valence electrons. The molecule has 0 aromatic carbocycles. The van der Waals surface area contributed by atoms with Crippen molar-refractivity contribution in [3.05, 3.63) is 0 Å². The Morgan fingerprint density at radius 3 is 1.83 bits per heavy atom. The van der Waals surface area contributed by atoms with Crippen molar-refractivity contribution in [1.82, 2.24) is 5.32 Å². The van der Waals surface area contributed by atoms with Crippen LogP contribution in [0.15, 0.2) is 0 Å². The van der Waals surface area contributed by atoms with Gasteiger partial charge in [-0.1, -0.05) is 0 Å². The molecule has 1 aliphatic heterocycles. The van der Waals surface area contributed by atoms with Crippen LogP contribution in [0.4, 0.5) is 4.79 Å². The molecule has 0 aromatic heterocycles. The molecule has 0 bridgehead atoms. The number of amides is 1. The zero-order valence-electron chi connectivity index (χ0n) is 19.8. The minimum Gasteiger partial charge on any atom is -0.748 e. The second kappa shape index (κ2) is 15.2. The van der Waals surface area contributed by atoms with Gasteiger partial charge in [-0.3, -0.25) is 19.2 Å². The summed E-state index contributed by atoms with van der Waals surface area (Å²) in [6.07, 6.45) is -8.97. The topological polar surface area (TPSA) is 210 Å². The second-order valence-corrected chi connectivity index (χ2v) is 8.54. The van der Waals surface area contributed by atoms with Crippen LogP contribution in [-0.4, -0.2) is 92.6 Å². The molecule has 0 aliphatic carbocycles. The first-order chi connectivity index (χ1) is 15.7. The number of ether oxygens (including phenoxy) is 6. The van der Waals surface area contributed by atoms with Crippen molar-refractivity contribution in [1.29, 1.82) is 0 Å². The number of hydrogen-bond donors (Lipinski definition) is 1. The van der Waals surface area contributed by atoms with Crippen molar-refractivity contribution in [3.8, 4) is 0 Å². The minimum atomic E-state index is -4.48. The van der Waals surface area contributed by atoms with Crippen LogP contribution < -0.4 is 34.9 Å². The smallest absolute Gasteiger partial charge is 0.748 e. The monoisotopic (exact) mass is 535 g/mol. The van der Waals surface area contributed by atoms with Crippen molar-refractivity contribution >= 4 is 40.1 Å². The Balaban J connectivity index is 0.0000116. The summed E-state index contributed by atoms with van der Waals surface area (Å²) in [6, 6.07) is 0. The van der Waals surface area contributed by atoms with Crippen LogP contribution in [0.1, 0.15) is 34.1 Å². The molecule has 0 radical (unpaired) electrons. The molecular formula is C18H26NNaO14S. The maximum absolute atomic E-state index is 12.2. The Kier molecular flexibility index (Phi) is 14.3. The normalized spacial score (nSPS) is 23.6. The van der Waals surface area contributed by atoms with Gasteiger partial charge in [0.05, 0.1) is 10.1 Å². The number of nitrogens with one attached hydrogen (secondary N) is 1. The molecule has 17 heteroatoms. The maximum atomic E-state index is 12.2. The Hall–Kier alpha value is -1.98. The average molecular weight is 535 g/mol. The van der Waals surface area contributed by atoms with E-state index in [9.17, 15) is 36.9 Å². The molecular weight excluding hydrogens is 509 g/mol. The molecule has 1 heterocycles. The van der Waals surface area contributed by atoms with Crippen molar-refractivity contribution in [2.24, 2.45) is 0 Å². The van der Waals surface area contributed by atoms with Gasteiger partial charge >= 0.3 is 59.5 Å². The van der Waals surface area contributed by atoms with Crippen LogP contribution in [0.2, 0.25) is 0 Å². The summed E-state index contributed by atoms with van der Waals surface area (Å²) in [7, 11) is -4.48. The van der Waals surface area contributed by atoms with Gasteiger partial charge in [0.15, 0.2) is 12.2 Å². The SMILES string of the molecule is CC(=O)OC[C@H]1OC(OC(=O)NCCCS(=O)(=O)[O-])[C@H](OC(C)=O)[C@@H](OC(C)=O)[C@@H]1OC(C)=O.[Na+]. The largest absolute Gasteiger partial charge is 1.00 e. The zero-order chi connectivity index (χ0) is 26.1. The van der Waals surface area contributed by atoms with Crippen LogP contribution in [0.3, 0.4) is 0 Å². The fourth-order valence-electron chi connectivity index (χ4n) is 2.87. The molecule has 0 aromatic rings. The average Bonchev–Trinajstić information content (AvgIpc) is 2.66. The second-order valence-electron chi connectivity index (χ2n) is 7.02. The molecule has 5 atom stereocenters. The maximum Gasteiger partial charge on any atom is 1.00 e. The zero-order valence-corrected chi connectivity index (χ0v) is 22.7. The van der Waals surface area contributed by atoms with Crippen LogP contribution in [0.25, 0.3) is 0 Å². The summed E-state index contributed by atoms with van der Waals surface area (Å²) >= 11 is 0. The molecule has 0 spiro atoms. The van der Waals surface area contributed by atoms with Gasteiger partial charge in [0.1, 0.15) is 12.7 Å². The molecule has 0 saturated carbocycles. The standard InChI is InChI=1S/C18H27NO14S.Na/c1-9(20)28-8-13-14(29-10(2)21)15(30-11(3)22)16(31-12(4)23)17(32-13)33-18(24)19-6-5-7-34(25,26)27;/h13-17H,5-8H2,1-4H3,(H,19,24)(H,25,26,27);/q;+1/p-1/t13-,14-,15+,16-,17?;/m1./s1. The minimum absolute atomic E-state index is 0. The van der Waals surface area contributed by atoms with Crippen molar-refractivity contribution < 1.29 is 94.9 Å². The molecule has 1 aliphatic rings. The van der Waals surface area contributed by atoms with E-state index in [0.717, 1.165) is 27.7 Å². The third-order valence-corrected chi connectivity index (χ3v) is 4.80. The first kappa shape index (κ1) is 33.0. The Bertz CT molecular complexity index is 878. The van der Waals surface area contributed by atoms with Gasteiger partial charge in [0.2, 0.25) is 12.4 Å². The van der Waals surface area contributed by atoms with Crippen LogP contribution >= 0.6 is 0 Å². The van der Waals surface area contributed by atoms with E-state index in [1.165, 1.54) is 0 Å². The van der Waals surface area contributed by atoms with Gasteiger partial charge in [-0.05, 0) is 6.42 Å². The number of carbonyl (C=O) groups is 5. The van der Waals surface area contributed by atoms with Crippen molar-refractivity contribution in [2.75, 3.05) is 18.9 Å². The fourth-order valence-corrected chi connectivity index (χ4v) is 3.37. The first-order valence-electron chi connectivity index (χ1n) is 9.88. The summed E-state index contributed by atoms with van der Waals surface area (Å²) in [5.41, 5.74) is 0. The van der Waals surface area contributed by atoms with E-state index < -0.39 is 83.2 Å². The van der Waals surface area contributed by atoms with Crippen LogP contribution in [0.5, 0.6) is 0 Å². The first-order valence-corrected chi connectivity index (χ1v) is 11.5. The molecule has 1 unspecified atom stereocenters. The number of carbonyl (C=O) groups excluding carboxylic acids is 5. The van der Waals surface area contributed by atoms with Gasteiger partial charge in [-0.2, -0.15) is 0 Å². The number of hydrogen-bond acceptors (Lipinski definition) is 14. The van der Waals surface area contributed by atoms with E-state index in [4.69, 9.17) is 28.4 Å². The van der Waals surface area contributed by atoms with E-state index >= 15 is 0 Å². The van der Waals surface area contributed by atoms with Crippen molar-refractivity contribution in [2.45, 2.75) is 64.8 Å². The fraction of sp³-hybridized carbons (Fsp3) is 0.722. The molecule has 1 fully saturated rings. The summed E-state index contributed by atoms with van der Waals surface area (Å²) < 4.78 is 62.9. The molecule has 1 N–H and O–H groups in total. The molecule has 35 heavy (non-hydrogen) atoms. The summed E-state index contributed by atoms with van der Waals surface area (Å²) in [4.78, 5) is 58.4. The van der Waals surface area contributed by atoms with E-state index in [1.54, 1.807) is 0 Å². The van der Waals surface area contributed by atoms with Gasteiger partial charge < -0.3 is 38.3 Å². The third kappa shape index (κ3) is 13.1. The summed E-state index contributed by atoms with van der Waals surface area (Å²) in [6.45, 7) is 3.41. The molecule has 1 rings (SSSR count). The predicted octanol–water partition coefficient (Wildman–Crippen LogP) is -4.26. The molecule has 1 saturated heterocycles. The van der Waals surface area contributed by atoms with Crippen molar-refractivity contribution in [3.63, 3.8) is 0 Å². The van der Waals surface area contributed by atoms with Gasteiger partial charge in [-0.15, -0.1) is 0 Å². The van der Waals surface area contributed by atoms with Gasteiger partial charge in [0, 0.05) is 40.0 Å². The summed E-state index contributed by atoms with van der Waals surface area (Å²) in [5, 5.41) is 2.18. The molecule has 15 nitrogen and oxygen atoms in total. The quantitative estimate of drug-likeness (QED) is 0.0923. The van der Waals surface area contributed by atoms with E-state index in [0.29, 0.717) is 0 Å². The molecule has 1 amide bonds. The number of rotatable bonds is 10. The van der Waals surface area contributed by atoms with Gasteiger partial charge in [-0.25, -0.2) is 13.2 Å². The predicted molar refractivity (Wildman–Crippen MR) is 106 cm³/mol. The Morgan fingerprint density at radius 2 is 1.34 bits per heavy atom. The van der Waals surface area contributed by atoms with E-state index in [-0.39, 0.29) is 42.5 Å². The Morgan fingerprint density at radius 1 is 0.829 bits per heavy atom. The van der Waals surface area contributed by atoms with Gasteiger partial charge in [0.25, 0.3) is 0 Å². The van der Waals surface area contributed by atoms with E-state index in [1.807, 2.05) is 0 Å². The Labute approximate surface area is 223 Å². The number of alkyl carbamates (subject to hydrolysis) is 1.